The Morgan fingerprint density at radius 2 is 2.05 bits per heavy atom. The molecule has 0 heterocycles. The number of hydrogen-bond donors (Lipinski definition) is 1. The van der Waals surface area contributed by atoms with E-state index in [0.29, 0.717) is 24.2 Å². The summed E-state index contributed by atoms with van der Waals surface area (Å²) in [5.74, 6) is -1.08. The SMILES string of the molecule is C=CCN(CCC)C(=O)c1ccccc1CC(=O)O. The summed E-state index contributed by atoms with van der Waals surface area (Å²) in [6.45, 7) is 6.73. The monoisotopic (exact) mass is 261 g/mol. The molecule has 1 N–H and O–H groups in total. The first-order valence-electron chi connectivity index (χ1n) is 6.30. The molecule has 102 valence electrons. The summed E-state index contributed by atoms with van der Waals surface area (Å²) in [4.78, 5) is 24.9. The third-order valence-corrected chi connectivity index (χ3v) is 2.72. The third kappa shape index (κ3) is 4.25. The maximum absolute atomic E-state index is 12.4. The third-order valence-electron chi connectivity index (χ3n) is 2.72. The number of benzene rings is 1. The average Bonchev–Trinajstić information content (AvgIpc) is 2.38. The van der Waals surface area contributed by atoms with Gasteiger partial charge in [-0.25, -0.2) is 0 Å². The Balaban J connectivity index is 3.02. The van der Waals surface area contributed by atoms with Gasteiger partial charge in [-0.2, -0.15) is 0 Å². The highest BCUT2D eigenvalue weighted by Gasteiger charge is 2.18. The molecule has 0 atom stereocenters. The second-order valence-corrected chi connectivity index (χ2v) is 4.27. The average molecular weight is 261 g/mol. The van der Waals surface area contributed by atoms with Crippen molar-refractivity contribution in [3.05, 3.63) is 48.0 Å². The largest absolute Gasteiger partial charge is 0.481 e. The van der Waals surface area contributed by atoms with Crippen molar-refractivity contribution in [3.8, 4) is 0 Å². The highest BCUT2D eigenvalue weighted by Crippen LogP contribution is 2.13. The standard InChI is InChI=1S/C15H19NO3/c1-3-9-16(10-4-2)15(19)13-8-6-5-7-12(13)11-14(17)18/h3,5-8H,1,4,9-11H2,2H3,(H,17,18). The van der Waals surface area contributed by atoms with Crippen LogP contribution in [0.25, 0.3) is 0 Å². The maximum atomic E-state index is 12.4. The van der Waals surface area contributed by atoms with E-state index in [0.717, 1.165) is 6.42 Å². The second-order valence-electron chi connectivity index (χ2n) is 4.27. The first-order chi connectivity index (χ1) is 9.10. The summed E-state index contributed by atoms with van der Waals surface area (Å²) in [6.07, 6.45) is 2.38. The molecule has 0 aliphatic heterocycles. The zero-order valence-electron chi connectivity index (χ0n) is 11.1. The van der Waals surface area contributed by atoms with Crippen molar-refractivity contribution in [1.29, 1.82) is 0 Å². The lowest BCUT2D eigenvalue weighted by Crippen LogP contribution is -2.32. The van der Waals surface area contributed by atoms with Gasteiger partial charge >= 0.3 is 5.97 Å². The van der Waals surface area contributed by atoms with Gasteiger partial charge in [-0.15, -0.1) is 6.58 Å². The van der Waals surface area contributed by atoms with Crippen molar-refractivity contribution in [1.82, 2.24) is 4.90 Å². The van der Waals surface area contributed by atoms with Gasteiger partial charge in [0.15, 0.2) is 0 Å². The fourth-order valence-electron chi connectivity index (χ4n) is 1.92. The predicted octanol–water partition coefficient (Wildman–Crippen LogP) is 2.35. The molecule has 0 saturated carbocycles. The van der Waals surface area contributed by atoms with Crippen molar-refractivity contribution in [2.75, 3.05) is 13.1 Å². The number of rotatable bonds is 7. The Labute approximate surface area is 113 Å². The van der Waals surface area contributed by atoms with Crippen LogP contribution in [0.5, 0.6) is 0 Å². The Morgan fingerprint density at radius 1 is 1.37 bits per heavy atom. The van der Waals surface area contributed by atoms with Crippen molar-refractivity contribution in [3.63, 3.8) is 0 Å². The number of nitrogens with zero attached hydrogens (tertiary/aromatic N) is 1. The van der Waals surface area contributed by atoms with Crippen LogP contribution in [-0.2, 0) is 11.2 Å². The normalized spacial score (nSPS) is 9.95. The maximum Gasteiger partial charge on any atom is 0.307 e. The van der Waals surface area contributed by atoms with Crippen LogP contribution in [-0.4, -0.2) is 35.0 Å². The first kappa shape index (κ1) is 15.0. The molecule has 4 heteroatoms. The van der Waals surface area contributed by atoms with E-state index in [9.17, 15) is 9.59 Å². The van der Waals surface area contributed by atoms with Gasteiger partial charge in [0.1, 0.15) is 0 Å². The van der Waals surface area contributed by atoms with Crippen molar-refractivity contribution >= 4 is 11.9 Å². The smallest absolute Gasteiger partial charge is 0.307 e. The van der Waals surface area contributed by atoms with E-state index >= 15 is 0 Å². The van der Waals surface area contributed by atoms with Gasteiger partial charge in [-0.05, 0) is 18.1 Å². The molecular weight excluding hydrogens is 242 g/mol. The van der Waals surface area contributed by atoms with Gasteiger partial charge < -0.3 is 10.0 Å². The van der Waals surface area contributed by atoms with Crippen LogP contribution in [0, 0.1) is 0 Å². The number of amides is 1. The van der Waals surface area contributed by atoms with E-state index < -0.39 is 5.97 Å². The van der Waals surface area contributed by atoms with Crippen LogP contribution in [0.2, 0.25) is 0 Å². The van der Waals surface area contributed by atoms with E-state index in [1.807, 2.05) is 6.92 Å². The van der Waals surface area contributed by atoms with E-state index in [1.165, 1.54) is 0 Å². The molecule has 0 fully saturated rings. The van der Waals surface area contributed by atoms with Gasteiger partial charge in [0, 0.05) is 18.7 Å². The molecule has 0 spiro atoms. The van der Waals surface area contributed by atoms with Crippen LogP contribution in [0.15, 0.2) is 36.9 Å². The van der Waals surface area contributed by atoms with Crippen molar-refractivity contribution in [2.24, 2.45) is 0 Å². The zero-order chi connectivity index (χ0) is 14.3. The van der Waals surface area contributed by atoms with Gasteiger partial charge in [0.05, 0.1) is 6.42 Å². The first-order valence-corrected chi connectivity index (χ1v) is 6.30. The Bertz CT molecular complexity index is 468. The van der Waals surface area contributed by atoms with Crippen LogP contribution in [0.4, 0.5) is 0 Å². The lowest BCUT2D eigenvalue weighted by atomic mass is 10.0. The highest BCUT2D eigenvalue weighted by molar-refractivity contribution is 5.96. The minimum absolute atomic E-state index is 0.140. The van der Waals surface area contributed by atoms with E-state index in [-0.39, 0.29) is 12.3 Å². The molecule has 0 saturated heterocycles. The molecule has 0 aromatic heterocycles. The molecule has 1 amide bonds. The number of carbonyl (C=O) groups excluding carboxylic acids is 1. The number of carbonyl (C=O) groups is 2. The zero-order valence-corrected chi connectivity index (χ0v) is 11.1. The minimum atomic E-state index is -0.939. The predicted molar refractivity (Wildman–Crippen MR) is 74.2 cm³/mol. The highest BCUT2D eigenvalue weighted by atomic mass is 16.4. The van der Waals surface area contributed by atoms with Gasteiger partial charge in [0.25, 0.3) is 5.91 Å². The molecule has 1 aromatic carbocycles. The number of carboxylic acids is 1. The molecule has 0 aliphatic rings. The van der Waals surface area contributed by atoms with Crippen molar-refractivity contribution in [2.45, 2.75) is 19.8 Å². The molecule has 1 rings (SSSR count). The summed E-state index contributed by atoms with van der Waals surface area (Å²) < 4.78 is 0. The summed E-state index contributed by atoms with van der Waals surface area (Å²) in [7, 11) is 0. The topological polar surface area (TPSA) is 57.6 Å². The van der Waals surface area contributed by atoms with Crippen LogP contribution in [0.1, 0.15) is 29.3 Å². The minimum Gasteiger partial charge on any atom is -0.481 e. The molecule has 4 nitrogen and oxygen atoms in total. The lowest BCUT2D eigenvalue weighted by molar-refractivity contribution is -0.136. The molecule has 1 aromatic rings. The number of carboxylic acid groups (broad SMARTS) is 1. The van der Waals surface area contributed by atoms with E-state index in [2.05, 4.69) is 6.58 Å². The van der Waals surface area contributed by atoms with Crippen LogP contribution < -0.4 is 0 Å². The van der Waals surface area contributed by atoms with Gasteiger partial charge in [-0.3, -0.25) is 9.59 Å². The molecule has 0 bridgehead atoms. The second kappa shape index (κ2) is 7.36. The molecule has 0 unspecified atom stereocenters. The summed E-state index contributed by atoms with van der Waals surface area (Å²) in [6, 6.07) is 6.84. The molecule has 19 heavy (non-hydrogen) atoms. The van der Waals surface area contributed by atoms with Gasteiger partial charge in [-0.1, -0.05) is 31.2 Å². The quantitative estimate of drug-likeness (QED) is 0.766. The summed E-state index contributed by atoms with van der Waals surface area (Å²) >= 11 is 0. The molecule has 0 radical (unpaired) electrons. The number of aliphatic carboxylic acids is 1. The van der Waals surface area contributed by atoms with Gasteiger partial charge in [0.2, 0.25) is 0 Å². The Morgan fingerprint density at radius 3 is 2.63 bits per heavy atom. The summed E-state index contributed by atoms with van der Waals surface area (Å²) in [5, 5.41) is 8.88. The van der Waals surface area contributed by atoms with E-state index in [4.69, 9.17) is 5.11 Å². The fraction of sp³-hybridized carbons (Fsp3) is 0.333. The van der Waals surface area contributed by atoms with Crippen molar-refractivity contribution < 1.29 is 14.7 Å². The molecule has 0 aliphatic carbocycles. The van der Waals surface area contributed by atoms with E-state index in [1.54, 1.807) is 35.2 Å². The lowest BCUT2D eigenvalue weighted by Gasteiger charge is -2.21. The fourth-order valence-corrected chi connectivity index (χ4v) is 1.92. The Kier molecular flexibility index (Phi) is 5.79. The van der Waals surface area contributed by atoms with Crippen LogP contribution >= 0.6 is 0 Å². The Hall–Kier alpha value is -2.10. The molecular formula is C15H19NO3. The summed E-state index contributed by atoms with van der Waals surface area (Å²) in [5.41, 5.74) is 1.00. The van der Waals surface area contributed by atoms with Crippen LogP contribution in [0.3, 0.4) is 0 Å². The number of hydrogen-bond acceptors (Lipinski definition) is 2.